The Labute approximate surface area is 101 Å². The highest BCUT2D eigenvalue weighted by Crippen LogP contribution is 2.33. The molecule has 0 unspecified atom stereocenters. The van der Waals surface area contributed by atoms with Crippen LogP contribution < -0.4 is 0 Å². The van der Waals surface area contributed by atoms with Crippen molar-refractivity contribution >= 4 is 5.97 Å². The summed E-state index contributed by atoms with van der Waals surface area (Å²) in [6.45, 7) is 0.412. The number of carboxylic acids is 1. The first-order valence-corrected chi connectivity index (χ1v) is 5.40. The third-order valence-corrected chi connectivity index (χ3v) is 3.11. The number of alkyl halides is 2. The lowest BCUT2D eigenvalue weighted by molar-refractivity contribution is -0.156. The minimum atomic E-state index is -2.83. The largest absolute Gasteiger partial charge is 0.481 e. The van der Waals surface area contributed by atoms with Crippen molar-refractivity contribution in [3.05, 3.63) is 5.82 Å². The second-order valence-corrected chi connectivity index (χ2v) is 4.19. The molecule has 2 rings (SSSR count). The number of carbonyl (C=O) groups is 1. The van der Waals surface area contributed by atoms with E-state index in [9.17, 15) is 18.7 Å². The van der Waals surface area contributed by atoms with E-state index in [4.69, 9.17) is 4.74 Å². The van der Waals surface area contributed by atoms with Crippen molar-refractivity contribution in [1.29, 1.82) is 0 Å². The van der Waals surface area contributed by atoms with Gasteiger partial charge in [0.2, 0.25) is 5.82 Å². The molecule has 1 aliphatic rings. The number of carboxylic acid groups (broad SMARTS) is 1. The molecule has 1 aromatic heterocycles. The van der Waals surface area contributed by atoms with Crippen LogP contribution in [0.1, 0.15) is 25.1 Å². The van der Waals surface area contributed by atoms with E-state index >= 15 is 0 Å². The van der Waals surface area contributed by atoms with Crippen LogP contribution >= 0.6 is 0 Å². The smallest absolute Gasteiger partial charge is 0.311 e. The van der Waals surface area contributed by atoms with Gasteiger partial charge < -0.3 is 9.84 Å². The van der Waals surface area contributed by atoms with Crippen molar-refractivity contribution in [2.75, 3.05) is 13.2 Å². The maximum atomic E-state index is 12.6. The zero-order valence-corrected chi connectivity index (χ0v) is 9.42. The third-order valence-electron chi connectivity index (χ3n) is 3.11. The predicted octanol–water partition coefficient (Wildman–Crippen LogP) is 0.492. The van der Waals surface area contributed by atoms with Crippen LogP contribution in [0.3, 0.4) is 0 Å². The Morgan fingerprint density at radius 3 is 2.72 bits per heavy atom. The summed E-state index contributed by atoms with van der Waals surface area (Å²) in [5.41, 5.74) is -1.14. The summed E-state index contributed by atoms with van der Waals surface area (Å²) < 4.78 is 31.2. The van der Waals surface area contributed by atoms with Crippen molar-refractivity contribution in [3.63, 3.8) is 0 Å². The fraction of sp³-hybridized carbons (Fsp3) is 0.778. The summed E-state index contributed by atoms with van der Waals surface area (Å²) in [5, 5.41) is 19.1. The Morgan fingerprint density at radius 1 is 1.50 bits per heavy atom. The molecule has 100 valence electrons. The second-order valence-electron chi connectivity index (χ2n) is 4.19. The van der Waals surface area contributed by atoms with Crippen LogP contribution in [0, 0.1) is 5.41 Å². The molecule has 9 heteroatoms. The van der Waals surface area contributed by atoms with E-state index in [0.717, 1.165) is 4.68 Å². The summed E-state index contributed by atoms with van der Waals surface area (Å²) >= 11 is 0. The van der Waals surface area contributed by atoms with Crippen molar-refractivity contribution in [3.8, 4) is 0 Å². The van der Waals surface area contributed by atoms with Gasteiger partial charge in [-0.3, -0.25) is 4.79 Å². The van der Waals surface area contributed by atoms with E-state index in [2.05, 4.69) is 15.5 Å². The maximum Gasteiger partial charge on any atom is 0.311 e. The van der Waals surface area contributed by atoms with Gasteiger partial charge in [-0.2, -0.15) is 0 Å². The molecule has 18 heavy (non-hydrogen) atoms. The summed E-state index contributed by atoms with van der Waals surface area (Å²) in [4.78, 5) is 11.4. The first kappa shape index (κ1) is 12.8. The molecule has 0 bridgehead atoms. The molecule has 0 aliphatic carbocycles. The van der Waals surface area contributed by atoms with Crippen LogP contribution in [0.4, 0.5) is 8.78 Å². The number of aromatic nitrogens is 4. The molecular weight excluding hydrogens is 250 g/mol. The van der Waals surface area contributed by atoms with Gasteiger partial charge in [-0.25, -0.2) is 13.5 Å². The monoisotopic (exact) mass is 262 g/mol. The highest BCUT2D eigenvalue weighted by atomic mass is 19.3. The lowest BCUT2D eigenvalue weighted by Crippen LogP contribution is -2.41. The third kappa shape index (κ3) is 2.30. The van der Waals surface area contributed by atoms with Crippen molar-refractivity contribution in [2.45, 2.75) is 25.8 Å². The number of rotatable bonds is 4. The molecule has 7 nitrogen and oxygen atoms in total. The lowest BCUT2D eigenvalue weighted by Gasteiger charge is -2.32. The fourth-order valence-electron chi connectivity index (χ4n) is 1.97. The zero-order chi connectivity index (χ0) is 13.2. The van der Waals surface area contributed by atoms with Crippen LogP contribution in [0.15, 0.2) is 0 Å². The molecule has 1 fully saturated rings. The average molecular weight is 262 g/mol. The second kappa shape index (κ2) is 4.92. The molecule has 0 aromatic carbocycles. The molecule has 1 N–H and O–H groups in total. The van der Waals surface area contributed by atoms with Crippen LogP contribution in [0.2, 0.25) is 0 Å². The molecule has 1 aromatic rings. The van der Waals surface area contributed by atoms with E-state index in [-0.39, 0.29) is 19.4 Å². The van der Waals surface area contributed by atoms with Crippen molar-refractivity contribution in [2.24, 2.45) is 5.41 Å². The Morgan fingerprint density at radius 2 is 2.17 bits per heavy atom. The van der Waals surface area contributed by atoms with Crippen LogP contribution in [-0.4, -0.2) is 44.5 Å². The molecule has 0 amide bonds. The Bertz CT molecular complexity index is 431. The number of ether oxygens (including phenoxy) is 1. The highest BCUT2D eigenvalue weighted by Gasteiger charge is 2.42. The summed E-state index contributed by atoms with van der Waals surface area (Å²) in [7, 11) is 0. The number of aliphatic carboxylic acids is 1. The minimum absolute atomic E-state index is 0.168. The number of tetrazole rings is 1. The van der Waals surface area contributed by atoms with Gasteiger partial charge in [0.1, 0.15) is 0 Å². The van der Waals surface area contributed by atoms with Crippen LogP contribution in [0.25, 0.3) is 0 Å². The van der Waals surface area contributed by atoms with Gasteiger partial charge in [-0.05, 0) is 23.3 Å². The fourth-order valence-corrected chi connectivity index (χ4v) is 1.97. The first-order chi connectivity index (χ1) is 8.55. The Hall–Kier alpha value is -1.64. The van der Waals surface area contributed by atoms with Crippen molar-refractivity contribution < 1.29 is 23.4 Å². The number of hydrogen-bond donors (Lipinski definition) is 1. The van der Waals surface area contributed by atoms with E-state index in [0.29, 0.717) is 13.2 Å². The van der Waals surface area contributed by atoms with Gasteiger partial charge in [0.25, 0.3) is 6.43 Å². The van der Waals surface area contributed by atoms with Gasteiger partial charge in [-0.1, -0.05) is 0 Å². The molecule has 0 atom stereocenters. The van der Waals surface area contributed by atoms with E-state index in [1.54, 1.807) is 0 Å². The average Bonchev–Trinajstić information content (AvgIpc) is 2.78. The molecule has 0 spiro atoms. The SMILES string of the molecule is O=C(O)C1(Cn2nnnc2C(F)F)CCOCC1. The van der Waals surface area contributed by atoms with Crippen LogP contribution in [-0.2, 0) is 16.1 Å². The summed E-state index contributed by atoms with van der Waals surface area (Å²) in [6, 6.07) is 0. The number of halogens is 2. The standard InChI is InChI=1S/C9H12F2N4O3/c10-6(11)7-12-13-14-15(7)5-9(8(16)17)1-3-18-4-2-9/h6H,1-5H2,(H,16,17). The van der Waals surface area contributed by atoms with Gasteiger partial charge >= 0.3 is 5.97 Å². The molecule has 1 saturated heterocycles. The maximum absolute atomic E-state index is 12.6. The predicted molar refractivity (Wildman–Crippen MR) is 52.9 cm³/mol. The lowest BCUT2D eigenvalue weighted by atomic mass is 9.80. The van der Waals surface area contributed by atoms with E-state index in [1.807, 2.05) is 0 Å². The molecular formula is C9H12F2N4O3. The topological polar surface area (TPSA) is 90.1 Å². The molecule has 2 heterocycles. The van der Waals surface area contributed by atoms with Gasteiger partial charge in [0, 0.05) is 13.2 Å². The van der Waals surface area contributed by atoms with Crippen LogP contribution in [0.5, 0.6) is 0 Å². The van der Waals surface area contributed by atoms with Crippen molar-refractivity contribution in [1.82, 2.24) is 20.2 Å². The van der Waals surface area contributed by atoms with E-state index in [1.165, 1.54) is 0 Å². The zero-order valence-electron chi connectivity index (χ0n) is 9.42. The normalized spacial score (nSPS) is 19.1. The quantitative estimate of drug-likeness (QED) is 0.849. The molecule has 1 aliphatic heterocycles. The molecule has 0 radical (unpaired) electrons. The summed E-state index contributed by atoms with van der Waals surface area (Å²) in [5.74, 6) is -1.65. The van der Waals surface area contributed by atoms with Gasteiger partial charge in [0.15, 0.2) is 0 Å². The van der Waals surface area contributed by atoms with E-state index < -0.39 is 23.6 Å². The Kier molecular flexibility index (Phi) is 3.50. The first-order valence-electron chi connectivity index (χ1n) is 5.40. The molecule has 0 saturated carbocycles. The highest BCUT2D eigenvalue weighted by molar-refractivity contribution is 5.74. The van der Waals surface area contributed by atoms with Gasteiger partial charge in [0.05, 0.1) is 12.0 Å². The Balaban J connectivity index is 2.23. The number of nitrogens with zero attached hydrogens (tertiary/aromatic N) is 4. The number of hydrogen-bond acceptors (Lipinski definition) is 5. The minimum Gasteiger partial charge on any atom is -0.481 e. The van der Waals surface area contributed by atoms with Gasteiger partial charge in [-0.15, -0.1) is 5.10 Å². The summed E-state index contributed by atoms with van der Waals surface area (Å²) in [6.07, 6.45) is -2.32.